The maximum absolute atomic E-state index is 11.6. The smallest absolute Gasteiger partial charge is 0.317 e. The molecule has 1 atom stereocenters. The molecule has 0 aromatic rings. The summed E-state index contributed by atoms with van der Waals surface area (Å²) >= 11 is 0. The van der Waals surface area contributed by atoms with Crippen molar-refractivity contribution in [2.24, 2.45) is 0 Å². The minimum absolute atomic E-state index is 0. The number of piperazine rings is 1. The second-order valence-electron chi connectivity index (χ2n) is 4.02. The zero-order valence-electron chi connectivity index (χ0n) is 8.45. The Morgan fingerprint density at radius 3 is 2.79 bits per heavy atom. The van der Waals surface area contributed by atoms with Crippen LogP contribution in [-0.2, 0) is 0 Å². The number of amides is 2. The van der Waals surface area contributed by atoms with E-state index in [1.54, 1.807) is 0 Å². The quantitative estimate of drug-likeness (QED) is 0.678. The molecule has 2 N–H and O–H groups in total. The predicted molar refractivity (Wildman–Crippen MR) is 57.8 cm³/mol. The molecule has 2 amide bonds. The Labute approximate surface area is 90.8 Å². The van der Waals surface area contributed by atoms with Crippen LogP contribution in [0.4, 0.5) is 4.79 Å². The number of hydrogen-bond donors (Lipinski definition) is 2. The van der Waals surface area contributed by atoms with Gasteiger partial charge in [-0.05, 0) is 19.8 Å². The standard InChI is InChI=1S/C9H17N3O.ClH/c1-7-6-12(5-4-10-7)9(13)11-8-2-3-8;/h7-8,10H,2-6H2,1H3,(H,11,13);1H. The van der Waals surface area contributed by atoms with Crippen LogP contribution in [0.1, 0.15) is 19.8 Å². The summed E-state index contributed by atoms with van der Waals surface area (Å²) in [6.07, 6.45) is 2.32. The first kappa shape index (κ1) is 11.6. The van der Waals surface area contributed by atoms with Crippen LogP contribution in [0, 0.1) is 0 Å². The third-order valence-electron chi connectivity index (χ3n) is 2.56. The summed E-state index contributed by atoms with van der Waals surface area (Å²) in [7, 11) is 0. The van der Waals surface area contributed by atoms with Gasteiger partial charge in [0.1, 0.15) is 0 Å². The van der Waals surface area contributed by atoms with E-state index in [0.29, 0.717) is 12.1 Å². The molecule has 2 fully saturated rings. The van der Waals surface area contributed by atoms with Gasteiger partial charge in [0.05, 0.1) is 0 Å². The molecule has 1 aliphatic heterocycles. The first-order chi connectivity index (χ1) is 6.25. The fourth-order valence-electron chi connectivity index (χ4n) is 1.61. The second-order valence-corrected chi connectivity index (χ2v) is 4.02. The summed E-state index contributed by atoms with van der Waals surface area (Å²) in [5.74, 6) is 0. The number of nitrogens with zero attached hydrogens (tertiary/aromatic N) is 1. The SMILES string of the molecule is CC1CN(C(=O)NC2CC2)CCN1.Cl. The van der Waals surface area contributed by atoms with E-state index in [2.05, 4.69) is 17.6 Å². The lowest BCUT2D eigenvalue weighted by Crippen LogP contribution is -2.54. The molecule has 5 heteroatoms. The van der Waals surface area contributed by atoms with Crippen molar-refractivity contribution < 1.29 is 4.79 Å². The maximum atomic E-state index is 11.6. The van der Waals surface area contributed by atoms with Gasteiger partial charge in [-0.2, -0.15) is 0 Å². The van der Waals surface area contributed by atoms with Crippen LogP contribution >= 0.6 is 12.4 Å². The molecule has 1 aliphatic carbocycles. The molecule has 1 saturated carbocycles. The maximum Gasteiger partial charge on any atom is 0.317 e. The second kappa shape index (κ2) is 4.84. The molecular formula is C9H18ClN3O. The Bertz CT molecular complexity index is 208. The lowest BCUT2D eigenvalue weighted by molar-refractivity contribution is 0.179. The third-order valence-corrected chi connectivity index (χ3v) is 2.56. The van der Waals surface area contributed by atoms with Crippen LogP contribution in [0.25, 0.3) is 0 Å². The Hall–Kier alpha value is -0.480. The van der Waals surface area contributed by atoms with Gasteiger partial charge in [-0.3, -0.25) is 0 Å². The number of hydrogen-bond acceptors (Lipinski definition) is 2. The van der Waals surface area contributed by atoms with Gasteiger partial charge in [-0.1, -0.05) is 0 Å². The molecule has 14 heavy (non-hydrogen) atoms. The molecular weight excluding hydrogens is 202 g/mol. The highest BCUT2D eigenvalue weighted by atomic mass is 35.5. The van der Waals surface area contributed by atoms with Gasteiger partial charge in [0.15, 0.2) is 0 Å². The normalized spacial score (nSPS) is 26.6. The predicted octanol–water partition coefficient (Wildman–Crippen LogP) is 0.574. The Kier molecular flexibility index (Phi) is 4.01. The number of carbonyl (C=O) groups is 1. The van der Waals surface area contributed by atoms with Gasteiger partial charge in [-0.15, -0.1) is 12.4 Å². The van der Waals surface area contributed by atoms with Gasteiger partial charge in [0.2, 0.25) is 0 Å². The van der Waals surface area contributed by atoms with Crippen molar-refractivity contribution >= 4 is 18.4 Å². The molecule has 0 aromatic heterocycles. The number of halogens is 1. The lowest BCUT2D eigenvalue weighted by atomic mass is 10.2. The van der Waals surface area contributed by atoms with Crippen molar-refractivity contribution in [2.75, 3.05) is 19.6 Å². The summed E-state index contributed by atoms with van der Waals surface area (Å²) in [5, 5.41) is 6.32. The minimum atomic E-state index is 0. The molecule has 1 heterocycles. The van der Waals surface area contributed by atoms with Crippen molar-refractivity contribution in [3.63, 3.8) is 0 Å². The lowest BCUT2D eigenvalue weighted by Gasteiger charge is -2.31. The fourth-order valence-corrected chi connectivity index (χ4v) is 1.61. The molecule has 0 spiro atoms. The first-order valence-electron chi connectivity index (χ1n) is 5.04. The molecule has 2 rings (SSSR count). The van der Waals surface area contributed by atoms with Gasteiger partial charge < -0.3 is 15.5 Å². The van der Waals surface area contributed by atoms with Crippen LogP contribution < -0.4 is 10.6 Å². The zero-order chi connectivity index (χ0) is 9.26. The Morgan fingerprint density at radius 2 is 2.21 bits per heavy atom. The van der Waals surface area contributed by atoms with Gasteiger partial charge >= 0.3 is 6.03 Å². The number of nitrogens with one attached hydrogen (secondary N) is 2. The van der Waals surface area contributed by atoms with Crippen molar-refractivity contribution in [2.45, 2.75) is 31.8 Å². The summed E-state index contributed by atoms with van der Waals surface area (Å²) in [6.45, 7) is 4.69. The molecule has 0 radical (unpaired) electrons. The van der Waals surface area contributed by atoms with Crippen LogP contribution in [0.2, 0.25) is 0 Å². The average molecular weight is 220 g/mol. The van der Waals surface area contributed by atoms with Gasteiger partial charge in [0.25, 0.3) is 0 Å². The first-order valence-corrected chi connectivity index (χ1v) is 5.04. The van der Waals surface area contributed by atoms with Crippen LogP contribution in [0.3, 0.4) is 0 Å². The zero-order valence-corrected chi connectivity index (χ0v) is 9.27. The summed E-state index contributed by atoms with van der Waals surface area (Å²) in [6, 6.07) is 1.02. The summed E-state index contributed by atoms with van der Waals surface area (Å²) < 4.78 is 0. The highest BCUT2D eigenvalue weighted by molar-refractivity contribution is 5.85. The van der Waals surface area contributed by atoms with Crippen molar-refractivity contribution in [3.8, 4) is 0 Å². The summed E-state index contributed by atoms with van der Waals surface area (Å²) in [5.41, 5.74) is 0. The highest BCUT2D eigenvalue weighted by Crippen LogP contribution is 2.19. The molecule has 4 nitrogen and oxygen atoms in total. The van der Waals surface area contributed by atoms with Crippen molar-refractivity contribution in [1.82, 2.24) is 15.5 Å². The fraction of sp³-hybridized carbons (Fsp3) is 0.889. The van der Waals surface area contributed by atoms with E-state index in [0.717, 1.165) is 32.5 Å². The van der Waals surface area contributed by atoms with E-state index in [4.69, 9.17) is 0 Å². The highest BCUT2D eigenvalue weighted by Gasteiger charge is 2.27. The monoisotopic (exact) mass is 219 g/mol. The molecule has 0 aromatic carbocycles. The minimum Gasteiger partial charge on any atom is -0.335 e. The molecule has 0 bridgehead atoms. The van der Waals surface area contributed by atoms with Gasteiger partial charge in [-0.25, -0.2) is 4.79 Å². The van der Waals surface area contributed by atoms with E-state index in [1.165, 1.54) is 0 Å². The average Bonchev–Trinajstić information content (AvgIpc) is 2.88. The van der Waals surface area contributed by atoms with E-state index in [9.17, 15) is 4.79 Å². The Morgan fingerprint density at radius 1 is 1.50 bits per heavy atom. The molecule has 82 valence electrons. The van der Waals surface area contributed by atoms with Crippen molar-refractivity contribution in [3.05, 3.63) is 0 Å². The van der Waals surface area contributed by atoms with E-state index in [1.807, 2.05) is 4.90 Å². The Balaban J connectivity index is 0.000000980. The van der Waals surface area contributed by atoms with Gasteiger partial charge in [0, 0.05) is 31.7 Å². The van der Waals surface area contributed by atoms with Crippen LogP contribution in [0.5, 0.6) is 0 Å². The molecule has 1 unspecified atom stereocenters. The topological polar surface area (TPSA) is 44.4 Å². The summed E-state index contributed by atoms with van der Waals surface area (Å²) in [4.78, 5) is 13.5. The van der Waals surface area contributed by atoms with E-state index < -0.39 is 0 Å². The number of rotatable bonds is 1. The largest absolute Gasteiger partial charge is 0.335 e. The molecule has 1 saturated heterocycles. The van der Waals surface area contributed by atoms with Crippen LogP contribution in [-0.4, -0.2) is 42.6 Å². The van der Waals surface area contributed by atoms with Crippen molar-refractivity contribution in [1.29, 1.82) is 0 Å². The number of carbonyl (C=O) groups excluding carboxylic acids is 1. The van der Waals surface area contributed by atoms with E-state index >= 15 is 0 Å². The van der Waals surface area contributed by atoms with Crippen LogP contribution in [0.15, 0.2) is 0 Å². The molecule has 2 aliphatic rings. The number of urea groups is 1. The van der Waals surface area contributed by atoms with E-state index in [-0.39, 0.29) is 18.4 Å². The third kappa shape index (κ3) is 3.03.